The van der Waals surface area contributed by atoms with Crippen molar-refractivity contribution in [1.29, 1.82) is 0 Å². The molecule has 3 aromatic rings. The fourth-order valence-electron chi connectivity index (χ4n) is 4.17. The van der Waals surface area contributed by atoms with Crippen LogP contribution in [-0.4, -0.2) is 36.5 Å². The van der Waals surface area contributed by atoms with Gasteiger partial charge in [0.2, 0.25) is 5.91 Å². The van der Waals surface area contributed by atoms with Crippen molar-refractivity contribution in [3.63, 3.8) is 0 Å². The number of guanidine groups is 1. The van der Waals surface area contributed by atoms with Gasteiger partial charge in [-0.1, -0.05) is 36.4 Å². The maximum Gasteiger partial charge on any atom is 0.225 e. The van der Waals surface area contributed by atoms with Crippen molar-refractivity contribution in [3.05, 3.63) is 65.4 Å². The van der Waals surface area contributed by atoms with Gasteiger partial charge in [-0.25, -0.2) is 0 Å². The topological polar surface area (TPSA) is 81.3 Å². The third kappa shape index (κ3) is 5.39. The van der Waals surface area contributed by atoms with Gasteiger partial charge in [0.15, 0.2) is 5.96 Å². The van der Waals surface area contributed by atoms with E-state index in [-0.39, 0.29) is 35.8 Å². The predicted molar refractivity (Wildman–Crippen MR) is 139 cm³/mol. The van der Waals surface area contributed by atoms with Crippen LogP contribution >= 0.6 is 24.0 Å². The molecule has 0 saturated heterocycles. The molecule has 1 amide bonds. The number of hydrogen-bond donors (Lipinski definition) is 4. The molecule has 1 atom stereocenters. The smallest absolute Gasteiger partial charge is 0.225 e. The number of rotatable bonds is 6. The summed E-state index contributed by atoms with van der Waals surface area (Å²) in [5.41, 5.74) is 5.80. The van der Waals surface area contributed by atoms with Crippen molar-refractivity contribution < 1.29 is 4.79 Å². The first-order valence-corrected chi connectivity index (χ1v) is 10.6. The van der Waals surface area contributed by atoms with E-state index in [9.17, 15) is 4.79 Å². The van der Waals surface area contributed by atoms with Crippen LogP contribution in [0.25, 0.3) is 10.9 Å². The Morgan fingerprint density at radius 2 is 1.90 bits per heavy atom. The molecule has 0 saturated carbocycles. The number of aromatic amines is 1. The average molecular weight is 531 g/mol. The van der Waals surface area contributed by atoms with Gasteiger partial charge in [0.1, 0.15) is 0 Å². The van der Waals surface area contributed by atoms with Gasteiger partial charge in [0, 0.05) is 47.7 Å². The summed E-state index contributed by atoms with van der Waals surface area (Å²) in [6.07, 6.45) is 1.38. The van der Waals surface area contributed by atoms with Crippen LogP contribution in [0.5, 0.6) is 0 Å². The quantitative estimate of drug-likeness (QED) is 0.217. The van der Waals surface area contributed by atoms with E-state index in [0.29, 0.717) is 13.0 Å². The van der Waals surface area contributed by atoms with Crippen LogP contribution in [0.15, 0.2) is 53.5 Å². The van der Waals surface area contributed by atoms with Gasteiger partial charge in [0.05, 0.1) is 6.54 Å². The molecule has 6 nitrogen and oxygen atoms in total. The van der Waals surface area contributed by atoms with Gasteiger partial charge in [-0.2, -0.15) is 0 Å². The summed E-state index contributed by atoms with van der Waals surface area (Å²) in [6.45, 7) is 6.34. The number of benzene rings is 2. The zero-order chi connectivity index (χ0) is 20.9. The predicted octanol–water partition coefficient (Wildman–Crippen LogP) is 4.32. The minimum Gasteiger partial charge on any atom is -0.358 e. The first-order chi connectivity index (χ1) is 14.7. The monoisotopic (exact) mass is 531 g/mol. The molecule has 2 aromatic carbocycles. The second-order valence-electron chi connectivity index (χ2n) is 7.71. The maximum absolute atomic E-state index is 12.1. The average Bonchev–Trinajstić information content (AvgIpc) is 3.07. The molecule has 4 rings (SSSR count). The van der Waals surface area contributed by atoms with E-state index >= 15 is 0 Å². The molecule has 4 N–H and O–H groups in total. The van der Waals surface area contributed by atoms with Crippen LogP contribution in [0.2, 0.25) is 0 Å². The van der Waals surface area contributed by atoms with E-state index in [1.54, 1.807) is 0 Å². The summed E-state index contributed by atoms with van der Waals surface area (Å²) >= 11 is 0. The third-order valence-electron chi connectivity index (χ3n) is 5.61. The molecule has 0 spiro atoms. The SMILES string of the molecule is CCNC(=NCC1CC(=O)Nc2ccccc21)NCCc1c(C)[nH]c2ccccc12.I. The van der Waals surface area contributed by atoms with Crippen LogP contribution in [0.3, 0.4) is 0 Å². The molecule has 0 radical (unpaired) electrons. The standard InChI is InChI=1S/C24H29N5O.HI/c1-3-25-24(26-13-12-18-16(2)28-22-11-7-5-9-20(18)22)27-15-17-14-23(30)29-21-10-6-4-8-19(17)21;/h4-11,17,28H,3,12-15H2,1-2H3,(H,29,30)(H2,25,26,27);1H. The van der Waals surface area contributed by atoms with Crippen molar-refractivity contribution in [2.24, 2.45) is 4.99 Å². The summed E-state index contributed by atoms with van der Waals surface area (Å²) < 4.78 is 0. The van der Waals surface area contributed by atoms with Crippen LogP contribution in [0.1, 0.15) is 36.1 Å². The molecule has 1 aromatic heterocycles. The van der Waals surface area contributed by atoms with E-state index < -0.39 is 0 Å². The Bertz CT molecular complexity index is 1070. The Kier molecular flexibility index (Phi) is 7.95. The highest BCUT2D eigenvalue weighted by Gasteiger charge is 2.24. The normalized spacial score (nSPS) is 15.7. The Morgan fingerprint density at radius 1 is 1.13 bits per heavy atom. The number of fused-ring (bicyclic) bond motifs is 2. The number of aryl methyl sites for hydroxylation is 1. The number of halogens is 1. The van der Waals surface area contributed by atoms with E-state index in [1.807, 2.05) is 18.2 Å². The lowest BCUT2D eigenvalue weighted by atomic mass is 9.91. The van der Waals surface area contributed by atoms with Crippen molar-refractivity contribution in [1.82, 2.24) is 15.6 Å². The minimum absolute atomic E-state index is 0. The van der Waals surface area contributed by atoms with Crippen LogP contribution in [0, 0.1) is 6.92 Å². The summed E-state index contributed by atoms with van der Waals surface area (Å²) in [5, 5.41) is 11.0. The largest absolute Gasteiger partial charge is 0.358 e. The van der Waals surface area contributed by atoms with Gasteiger partial charge in [-0.05, 0) is 43.5 Å². The molecule has 1 aliphatic rings. The Hall–Kier alpha value is -2.55. The first kappa shape index (κ1) is 23.1. The molecule has 31 heavy (non-hydrogen) atoms. The summed E-state index contributed by atoms with van der Waals surface area (Å²) in [7, 11) is 0. The lowest BCUT2D eigenvalue weighted by Crippen LogP contribution is -2.39. The van der Waals surface area contributed by atoms with Crippen LogP contribution < -0.4 is 16.0 Å². The number of hydrogen-bond acceptors (Lipinski definition) is 2. The Labute approximate surface area is 200 Å². The number of amides is 1. The molecule has 0 aliphatic carbocycles. The lowest BCUT2D eigenvalue weighted by molar-refractivity contribution is -0.116. The van der Waals surface area contributed by atoms with Gasteiger partial charge in [-0.15, -0.1) is 24.0 Å². The Balaban J connectivity index is 0.00000272. The number of nitrogens with zero attached hydrogens (tertiary/aromatic N) is 1. The van der Waals surface area contributed by atoms with Gasteiger partial charge < -0.3 is 20.9 Å². The van der Waals surface area contributed by atoms with Crippen LogP contribution in [0.4, 0.5) is 5.69 Å². The summed E-state index contributed by atoms with van der Waals surface area (Å²) in [4.78, 5) is 20.3. The molecular weight excluding hydrogens is 501 g/mol. The van der Waals surface area contributed by atoms with Crippen molar-refractivity contribution >= 4 is 52.4 Å². The molecule has 2 heterocycles. The van der Waals surface area contributed by atoms with Crippen LogP contribution in [-0.2, 0) is 11.2 Å². The van der Waals surface area contributed by atoms with Gasteiger partial charge in [-0.3, -0.25) is 9.79 Å². The highest BCUT2D eigenvalue weighted by Crippen LogP contribution is 2.32. The molecule has 164 valence electrons. The maximum atomic E-state index is 12.1. The number of anilines is 1. The number of carbonyl (C=O) groups excluding carboxylic acids is 1. The number of H-pyrrole nitrogens is 1. The molecule has 7 heteroatoms. The second kappa shape index (κ2) is 10.7. The highest BCUT2D eigenvalue weighted by atomic mass is 127. The number of aliphatic imine (C=N–C) groups is 1. The number of nitrogens with one attached hydrogen (secondary N) is 4. The van der Waals surface area contributed by atoms with Crippen molar-refractivity contribution in [2.75, 3.05) is 25.0 Å². The first-order valence-electron chi connectivity index (χ1n) is 10.6. The minimum atomic E-state index is 0. The zero-order valence-electron chi connectivity index (χ0n) is 18.0. The number of aromatic nitrogens is 1. The molecule has 0 bridgehead atoms. The number of para-hydroxylation sites is 2. The van der Waals surface area contributed by atoms with Crippen molar-refractivity contribution in [3.8, 4) is 0 Å². The fraction of sp³-hybridized carbons (Fsp3) is 0.333. The fourth-order valence-corrected chi connectivity index (χ4v) is 4.17. The number of carbonyl (C=O) groups is 1. The molecule has 1 aliphatic heterocycles. The highest BCUT2D eigenvalue weighted by molar-refractivity contribution is 14.0. The van der Waals surface area contributed by atoms with E-state index in [1.165, 1.54) is 22.2 Å². The molecule has 1 unspecified atom stereocenters. The Morgan fingerprint density at radius 3 is 2.74 bits per heavy atom. The van der Waals surface area contributed by atoms with Crippen molar-refractivity contribution in [2.45, 2.75) is 32.6 Å². The molecule has 0 fully saturated rings. The van der Waals surface area contributed by atoms with Gasteiger partial charge >= 0.3 is 0 Å². The summed E-state index contributed by atoms with van der Waals surface area (Å²) in [5.74, 6) is 0.946. The van der Waals surface area contributed by atoms with Gasteiger partial charge in [0.25, 0.3) is 0 Å². The van der Waals surface area contributed by atoms with E-state index in [0.717, 1.165) is 36.7 Å². The second-order valence-corrected chi connectivity index (χ2v) is 7.71. The van der Waals surface area contributed by atoms with E-state index in [2.05, 4.69) is 65.1 Å². The van der Waals surface area contributed by atoms with E-state index in [4.69, 9.17) is 4.99 Å². The summed E-state index contributed by atoms with van der Waals surface area (Å²) in [6, 6.07) is 16.4. The third-order valence-corrected chi connectivity index (χ3v) is 5.61. The molecular formula is C24H30IN5O. The lowest BCUT2D eigenvalue weighted by Gasteiger charge is -2.24. The zero-order valence-corrected chi connectivity index (χ0v) is 20.3.